The number of ether oxygens (including phenoxy) is 2. The van der Waals surface area contributed by atoms with E-state index in [1.54, 1.807) is 25.1 Å². The van der Waals surface area contributed by atoms with Crippen molar-refractivity contribution in [3.63, 3.8) is 0 Å². The molecule has 0 aliphatic heterocycles. The molecule has 3 rings (SSSR count). The molecule has 0 saturated carbocycles. The van der Waals surface area contributed by atoms with Crippen LogP contribution in [-0.4, -0.2) is 41.3 Å². The van der Waals surface area contributed by atoms with Gasteiger partial charge in [-0.3, -0.25) is 4.79 Å². The van der Waals surface area contributed by atoms with Crippen molar-refractivity contribution in [3.8, 4) is 22.8 Å². The van der Waals surface area contributed by atoms with Crippen LogP contribution in [0.4, 0.5) is 0 Å². The Morgan fingerprint density at radius 1 is 1.03 bits per heavy atom. The molecular weight excluding hydrogens is 456 g/mol. The Morgan fingerprint density at radius 2 is 1.72 bits per heavy atom. The SMILES string of the molecule is COc1cc(C(=O)CCC(C)(O)c2cc(C(C)(C)N)cc(-c3ccc(C)cc3)n2)ccc1OCCO. The van der Waals surface area contributed by atoms with Crippen molar-refractivity contribution < 1.29 is 24.5 Å². The summed E-state index contributed by atoms with van der Waals surface area (Å²) in [7, 11) is 1.49. The number of methoxy groups -OCH3 is 1. The van der Waals surface area contributed by atoms with Crippen molar-refractivity contribution in [2.24, 2.45) is 5.73 Å². The molecule has 36 heavy (non-hydrogen) atoms. The standard InChI is InChI=1S/C29H36N2O5/c1-19-6-8-20(9-7-19)23-17-22(28(2,3)30)18-27(31-23)29(4,34)13-12-24(33)21-10-11-25(36-15-14-32)26(16-21)35-5/h6-11,16-18,32,34H,12-15,30H2,1-5H3. The molecule has 3 aromatic rings. The number of nitrogens with zero attached hydrogens (tertiary/aromatic N) is 1. The van der Waals surface area contributed by atoms with Crippen LogP contribution in [0.25, 0.3) is 11.3 Å². The highest BCUT2D eigenvalue weighted by Crippen LogP contribution is 2.33. The molecule has 1 atom stereocenters. The van der Waals surface area contributed by atoms with Crippen molar-refractivity contribution >= 4 is 5.78 Å². The van der Waals surface area contributed by atoms with Gasteiger partial charge in [-0.1, -0.05) is 29.8 Å². The van der Waals surface area contributed by atoms with Crippen molar-refractivity contribution in [1.29, 1.82) is 0 Å². The third kappa shape index (κ3) is 6.69. The van der Waals surface area contributed by atoms with E-state index in [-0.39, 0.29) is 31.8 Å². The second kappa shape index (κ2) is 11.2. The molecule has 4 N–H and O–H groups in total. The normalized spacial score (nSPS) is 13.2. The molecule has 2 aromatic carbocycles. The lowest BCUT2D eigenvalue weighted by molar-refractivity contribution is 0.0396. The summed E-state index contributed by atoms with van der Waals surface area (Å²) < 4.78 is 10.8. The third-order valence-corrected chi connectivity index (χ3v) is 6.14. The lowest BCUT2D eigenvalue weighted by Crippen LogP contribution is -2.31. The fraction of sp³-hybridized carbons (Fsp3) is 0.379. The summed E-state index contributed by atoms with van der Waals surface area (Å²) in [5, 5.41) is 20.4. The highest BCUT2D eigenvalue weighted by Gasteiger charge is 2.29. The van der Waals surface area contributed by atoms with Crippen molar-refractivity contribution in [2.75, 3.05) is 20.3 Å². The molecule has 0 radical (unpaired) electrons. The molecule has 0 aliphatic rings. The van der Waals surface area contributed by atoms with Crippen LogP contribution in [0.1, 0.15) is 60.8 Å². The number of benzene rings is 2. The molecule has 0 amide bonds. The minimum absolute atomic E-state index is 0.102. The minimum Gasteiger partial charge on any atom is -0.493 e. The highest BCUT2D eigenvalue weighted by atomic mass is 16.5. The van der Waals surface area contributed by atoms with Crippen LogP contribution in [0.5, 0.6) is 11.5 Å². The number of aliphatic hydroxyl groups excluding tert-OH is 1. The van der Waals surface area contributed by atoms with E-state index in [2.05, 4.69) is 0 Å². The van der Waals surface area contributed by atoms with Crippen LogP contribution in [-0.2, 0) is 11.1 Å². The molecule has 0 fully saturated rings. The molecule has 1 aromatic heterocycles. The predicted molar refractivity (Wildman–Crippen MR) is 140 cm³/mol. The number of aliphatic hydroxyl groups is 2. The Morgan fingerprint density at radius 3 is 2.33 bits per heavy atom. The average Bonchev–Trinajstić information content (AvgIpc) is 2.85. The zero-order valence-corrected chi connectivity index (χ0v) is 21.7. The van der Waals surface area contributed by atoms with E-state index in [0.29, 0.717) is 22.8 Å². The summed E-state index contributed by atoms with van der Waals surface area (Å²) in [5.41, 5.74) is 8.96. The van der Waals surface area contributed by atoms with Gasteiger partial charge in [0, 0.05) is 23.1 Å². The zero-order valence-electron chi connectivity index (χ0n) is 21.7. The van der Waals surface area contributed by atoms with Gasteiger partial charge in [0.1, 0.15) is 12.2 Å². The fourth-order valence-electron chi connectivity index (χ4n) is 3.80. The van der Waals surface area contributed by atoms with E-state index in [9.17, 15) is 9.90 Å². The van der Waals surface area contributed by atoms with Crippen LogP contribution in [0, 0.1) is 6.92 Å². The van der Waals surface area contributed by atoms with Gasteiger partial charge in [-0.2, -0.15) is 0 Å². The van der Waals surface area contributed by atoms with E-state index in [4.69, 9.17) is 25.3 Å². The van der Waals surface area contributed by atoms with Crippen LogP contribution >= 0.6 is 0 Å². The molecule has 1 unspecified atom stereocenters. The largest absolute Gasteiger partial charge is 0.493 e. The maximum absolute atomic E-state index is 13.0. The number of nitrogens with two attached hydrogens (primary N) is 1. The van der Waals surface area contributed by atoms with E-state index in [1.165, 1.54) is 7.11 Å². The smallest absolute Gasteiger partial charge is 0.163 e. The maximum Gasteiger partial charge on any atom is 0.163 e. The Bertz CT molecular complexity index is 1200. The summed E-state index contributed by atoms with van der Waals surface area (Å²) in [6.07, 6.45) is 0.274. The van der Waals surface area contributed by atoms with Crippen molar-refractivity contribution in [2.45, 2.75) is 51.7 Å². The lowest BCUT2D eigenvalue weighted by Gasteiger charge is -2.27. The van der Waals surface area contributed by atoms with Gasteiger partial charge in [-0.15, -0.1) is 0 Å². The van der Waals surface area contributed by atoms with Gasteiger partial charge in [0.2, 0.25) is 0 Å². The first-order valence-electron chi connectivity index (χ1n) is 12.0. The van der Waals surface area contributed by atoms with E-state index < -0.39 is 11.1 Å². The number of hydrogen-bond donors (Lipinski definition) is 3. The first-order valence-corrected chi connectivity index (χ1v) is 12.0. The fourth-order valence-corrected chi connectivity index (χ4v) is 3.80. The van der Waals surface area contributed by atoms with E-state index in [0.717, 1.165) is 22.4 Å². The summed E-state index contributed by atoms with van der Waals surface area (Å²) in [4.78, 5) is 17.7. The number of aromatic nitrogens is 1. The summed E-state index contributed by atoms with van der Waals surface area (Å²) >= 11 is 0. The van der Waals surface area contributed by atoms with Crippen molar-refractivity contribution in [3.05, 3.63) is 77.0 Å². The monoisotopic (exact) mass is 492 g/mol. The lowest BCUT2D eigenvalue weighted by atomic mass is 9.88. The van der Waals surface area contributed by atoms with Crippen molar-refractivity contribution in [1.82, 2.24) is 4.98 Å². The molecule has 0 aliphatic carbocycles. The van der Waals surface area contributed by atoms with Gasteiger partial charge in [-0.05, 0) is 70.0 Å². The Labute approximate surface area is 212 Å². The average molecular weight is 493 g/mol. The predicted octanol–water partition coefficient (Wildman–Crippen LogP) is 4.50. The van der Waals surface area contributed by atoms with Gasteiger partial charge in [0.15, 0.2) is 17.3 Å². The summed E-state index contributed by atoms with van der Waals surface area (Å²) in [6.45, 7) is 7.51. The molecule has 0 bridgehead atoms. The second-order valence-corrected chi connectivity index (χ2v) is 9.85. The van der Waals surface area contributed by atoms with Gasteiger partial charge in [0.25, 0.3) is 0 Å². The first-order chi connectivity index (χ1) is 16.9. The van der Waals surface area contributed by atoms with E-state index >= 15 is 0 Å². The Hall–Kier alpha value is -3.26. The third-order valence-electron chi connectivity index (χ3n) is 6.14. The number of Topliss-reactive ketones (excluding diaryl/α,β-unsaturated/α-hetero) is 1. The number of pyridine rings is 1. The number of ketones is 1. The summed E-state index contributed by atoms with van der Waals surface area (Å²) in [6, 6.07) is 16.7. The molecule has 7 nitrogen and oxygen atoms in total. The number of aryl methyl sites for hydroxylation is 1. The zero-order chi connectivity index (χ0) is 26.5. The number of carbonyl (C=O) groups is 1. The first kappa shape index (κ1) is 27.3. The topological polar surface area (TPSA) is 115 Å². The number of carbonyl (C=O) groups excluding carboxylic acids is 1. The highest BCUT2D eigenvalue weighted by molar-refractivity contribution is 5.96. The van der Waals surface area contributed by atoms with Gasteiger partial charge in [0.05, 0.1) is 25.1 Å². The van der Waals surface area contributed by atoms with Gasteiger partial charge in [-0.25, -0.2) is 4.98 Å². The van der Waals surface area contributed by atoms with Gasteiger partial charge >= 0.3 is 0 Å². The quantitative estimate of drug-likeness (QED) is 0.338. The van der Waals surface area contributed by atoms with Crippen LogP contribution < -0.4 is 15.2 Å². The molecule has 7 heteroatoms. The van der Waals surface area contributed by atoms with Crippen LogP contribution in [0.3, 0.4) is 0 Å². The second-order valence-electron chi connectivity index (χ2n) is 9.85. The van der Waals surface area contributed by atoms with Crippen LogP contribution in [0.15, 0.2) is 54.6 Å². The van der Waals surface area contributed by atoms with Gasteiger partial charge < -0.3 is 25.4 Å². The number of rotatable bonds is 11. The van der Waals surface area contributed by atoms with E-state index in [1.807, 2.05) is 57.2 Å². The molecular formula is C29H36N2O5. The molecule has 0 spiro atoms. The Kier molecular flexibility index (Phi) is 8.51. The molecule has 1 heterocycles. The maximum atomic E-state index is 13.0. The molecule has 192 valence electrons. The van der Waals surface area contributed by atoms with Crippen LogP contribution in [0.2, 0.25) is 0 Å². The summed E-state index contributed by atoms with van der Waals surface area (Å²) in [5.74, 6) is 0.712. The molecule has 0 saturated heterocycles. The minimum atomic E-state index is -1.36. The number of hydrogen-bond acceptors (Lipinski definition) is 7. The Balaban J connectivity index is 1.85.